The molecule has 1 fully saturated rings. The second-order valence-corrected chi connectivity index (χ2v) is 6.18. The highest BCUT2D eigenvalue weighted by atomic mass is 16.2. The summed E-state index contributed by atoms with van der Waals surface area (Å²) in [6.07, 6.45) is 3.70. The summed E-state index contributed by atoms with van der Waals surface area (Å²) in [6.45, 7) is 8.26. The van der Waals surface area contributed by atoms with Crippen molar-refractivity contribution in [3.63, 3.8) is 0 Å². The molecule has 1 amide bonds. The van der Waals surface area contributed by atoms with Gasteiger partial charge in [-0.15, -0.1) is 0 Å². The first-order chi connectivity index (χ1) is 10.0. The van der Waals surface area contributed by atoms with Gasteiger partial charge in [0.1, 0.15) is 0 Å². The van der Waals surface area contributed by atoms with Crippen molar-refractivity contribution in [2.75, 3.05) is 24.1 Å². The number of nitrogen functional groups attached to an aromatic ring is 1. The van der Waals surface area contributed by atoms with Crippen LogP contribution in [0.4, 0.5) is 11.4 Å². The van der Waals surface area contributed by atoms with Gasteiger partial charge in [-0.3, -0.25) is 9.69 Å². The highest BCUT2D eigenvalue weighted by molar-refractivity contribution is 5.95. The van der Waals surface area contributed by atoms with Gasteiger partial charge in [0, 0.05) is 17.9 Å². The third-order valence-corrected chi connectivity index (χ3v) is 4.46. The van der Waals surface area contributed by atoms with Gasteiger partial charge in [0.05, 0.1) is 6.04 Å². The van der Waals surface area contributed by atoms with Crippen LogP contribution in [-0.2, 0) is 4.79 Å². The Kier molecular flexibility index (Phi) is 5.23. The van der Waals surface area contributed by atoms with Crippen LogP contribution in [0.25, 0.3) is 0 Å². The Morgan fingerprint density at radius 2 is 2.29 bits per heavy atom. The van der Waals surface area contributed by atoms with E-state index in [4.69, 9.17) is 5.73 Å². The zero-order chi connectivity index (χ0) is 15.4. The van der Waals surface area contributed by atoms with Crippen LogP contribution in [0.1, 0.15) is 38.7 Å². The van der Waals surface area contributed by atoms with Crippen LogP contribution in [0.3, 0.4) is 0 Å². The maximum Gasteiger partial charge on any atom is 0.241 e. The number of carbonyl (C=O) groups is 1. The van der Waals surface area contributed by atoms with Gasteiger partial charge >= 0.3 is 0 Å². The fourth-order valence-electron chi connectivity index (χ4n) is 3.04. The van der Waals surface area contributed by atoms with E-state index in [0.29, 0.717) is 5.69 Å². The van der Waals surface area contributed by atoms with Crippen molar-refractivity contribution < 1.29 is 4.79 Å². The number of hydrogen-bond donors (Lipinski definition) is 2. The number of anilines is 2. The highest BCUT2D eigenvalue weighted by Crippen LogP contribution is 2.24. The lowest BCUT2D eigenvalue weighted by molar-refractivity contribution is -0.120. The third-order valence-electron chi connectivity index (χ3n) is 4.46. The molecule has 1 aromatic rings. The molecule has 3 N–H and O–H groups in total. The number of carbonyl (C=O) groups excluding carboxylic acids is 1. The Bertz CT molecular complexity index is 501. The number of hydrogen-bond acceptors (Lipinski definition) is 3. The maximum atomic E-state index is 12.4. The fourth-order valence-corrected chi connectivity index (χ4v) is 3.04. The lowest BCUT2D eigenvalue weighted by atomic mass is 10.0. The van der Waals surface area contributed by atoms with E-state index in [1.54, 1.807) is 0 Å². The predicted molar refractivity (Wildman–Crippen MR) is 88.3 cm³/mol. The molecule has 1 heterocycles. The summed E-state index contributed by atoms with van der Waals surface area (Å²) in [5.41, 5.74) is 8.32. The smallest absolute Gasteiger partial charge is 0.241 e. The molecule has 0 aliphatic carbocycles. The van der Waals surface area contributed by atoms with Crippen LogP contribution >= 0.6 is 0 Å². The van der Waals surface area contributed by atoms with E-state index < -0.39 is 0 Å². The summed E-state index contributed by atoms with van der Waals surface area (Å²) >= 11 is 0. The lowest BCUT2D eigenvalue weighted by Gasteiger charge is -2.24. The quantitative estimate of drug-likeness (QED) is 0.819. The second kappa shape index (κ2) is 6.94. The largest absolute Gasteiger partial charge is 0.399 e. The van der Waals surface area contributed by atoms with Crippen LogP contribution in [0.2, 0.25) is 0 Å². The minimum Gasteiger partial charge on any atom is -0.399 e. The lowest BCUT2D eigenvalue weighted by Crippen LogP contribution is -2.40. The van der Waals surface area contributed by atoms with Crippen molar-refractivity contribution in [1.82, 2.24) is 4.90 Å². The van der Waals surface area contributed by atoms with Crippen molar-refractivity contribution in [3.8, 4) is 0 Å². The van der Waals surface area contributed by atoms with Crippen LogP contribution in [0.15, 0.2) is 18.2 Å². The first-order valence-corrected chi connectivity index (χ1v) is 7.92. The Morgan fingerprint density at radius 1 is 1.52 bits per heavy atom. The molecule has 4 nitrogen and oxygen atoms in total. The average molecular weight is 289 g/mol. The van der Waals surface area contributed by atoms with Crippen molar-refractivity contribution in [1.29, 1.82) is 0 Å². The van der Waals surface area contributed by atoms with Gasteiger partial charge in [-0.25, -0.2) is 0 Å². The number of nitrogens with one attached hydrogen (secondary N) is 1. The number of nitrogens with two attached hydrogens (primary N) is 1. The number of nitrogens with zero attached hydrogens (tertiary/aromatic N) is 1. The van der Waals surface area contributed by atoms with Gasteiger partial charge in [-0.1, -0.05) is 19.4 Å². The SMILES string of the molecule is CCCC1CCN(C(C)C(=O)Nc2cc(N)ccc2C)C1. The zero-order valence-electron chi connectivity index (χ0n) is 13.4. The number of rotatable bonds is 5. The van der Waals surface area contributed by atoms with Crippen molar-refractivity contribution in [3.05, 3.63) is 23.8 Å². The molecule has 4 heteroatoms. The second-order valence-electron chi connectivity index (χ2n) is 6.18. The molecule has 0 aromatic heterocycles. The van der Waals surface area contributed by atoms with Gasteiger partial charge < -0.3 is 11.1 Å². The van der Waals surface area contributed by atoms with Crippen molar-refractivity contribution in [2.24, 2.45) is 5.92 Å². The molecule has 1 saturated heterocycles. The van der Waals surface area contributed by atoms with E-state index in [1.807, 2.05) is 32.0 Å². The fraction of sp³-hybridized carbons (Fsp3) is 0.588. The van der Waals surface area contributed by atoms with E-state index in [0.717, 1.165) is 30.3 Å². The van der Waals surface area contributed by atoms with Gasteiger partial charge in [0.25, 0.3) is 0 Å². The normalized spacial score (nSPS) is 20.4. The summed E-state index contributed by atoms with van der Waals surface area (Å²) in [5.74, 6) is 0.806. The molecule has 1 aliphatic rings. The van der Waals surface area contributed by atoms with E-state index in [2.05, 4.69) is 17.1 Å². The molecular formula is C17H27N3O. The molecule has 0 spiro atoms. The zero-order valence-corrected chi connectivity index (χ0v) is 13.4. The van der Waals surface area contributed by atoms with E-state index >= 15 is 0 Å². The Labute approximate surface area is 127 Å². The van der Waals surface area contributed by atoms with Crippen LogP contribution in [0.5, 0.6) is 0 Å². The van der Waals surface area contributed by atoms with Crippen molar-refractivity contribution >= 4 is 17.3 Å². The number of benzene rings is 1. The highest BCUT2D eigenvalue weighted by Gasteiger charge is 2.29. The third kappa shape index (κ3) is 3.97. The molecule has 0 bridgehead atoms. The molecule has 0 saturated carbocycles. The predicted octanol–water partition coefficient (Wildman–Crippen LogP) is 3.03. The average Bonchev–Trinajstić information content (AvgIpc) is 2.91. The summed E-state index contributed by atoms with van der Waals surface area (Å²) in [7, 11) is 0. The Hall–Kier alpha value is -1.55. The number of likely N-dealkylation sites (tertiary alicyclic amines) is 1. The number of amides is 1. The monoisotopic (exact) mass is 289 g/mol. The van der Waals surface area contributed by atoms with Gasteiger partial charge in [0.15, 0.2) is 0 Å². The topological polar surface area (TPSA) is 58.4 Å². The van der Waals surface area contributed by atoms with E-state index in [1.165, 1.54) is 19.3 Å². The van der Waals surface area contributed by atoms with Gasteiger partial charge in [-0.05, 0) is 56.8 Å². The first kappa shape index (κ1) is 15.8. The molecule has 1 aliphatic heterocycles. The van der Waals surface area contributed by atoms with Gasteiger partial charge in [-0.2, -0.15) is 0 Å². The van der Waals surface area contributed by atoms with Crippen LogP contribution in [-0.4, -0.2) is 29.9 Å². The number of aryl methyl sites for hydroxylation is 1. The summed E-state index contributed by atoms with van der Waals surface area (Å²) in [4.78, 5) is 14.7. The van der Waals surface area contributed by atoms with Crippen molar-refractivity contribution in [2.45, 2.75) is 46.1 Å². The Balaban J connectivity index is 1.95. The summed E-state index contributed by atoms with van der Waals surface area (Å²) in [6, 6.07) is 5.52. The molecule has 21 heavy (non-hydrogen) atoms. The molecule has 0 radical (unpaired) electrons. The minimum atomic E-state index is -0.0901. The van der Waals surface area contributed by atoms with Crippen LogP contribution < -0.4 is 11.1 Å². The Morgan fingerprint density at radius 3 is 3.00 bits per heavy atom. The molecular weight excluding hydrogens is 262 g/mol. The van der Waals surface area contributed by atoms with E-state index in [-0.39, 0.29) is 11.9 Å². The minimum absolute atomic E-state index is 0.0563. The molecule has 1 aromatic carbocycles. The first-order valence-electron chi connectivity index (χ1n) is 7.92. The summed E-state index contributed by atoms with van der Waals surface area (Å²) < 4.78 is 0. The molecule has 2 rings (SSSR count). The molecule has 116 valence electrons. The standard InChI is InChI=1S/C17H27N3O/c1-4-5-14-8-9-20(11-14)13(3)17(21)19-16-10-15(18)7-6-12(16)2/h6-7,10,13-14H,4-5,8-9,11,18H2,1-3H3,(H,19,21). The molecule has 2 unspecified atom stereocenters. The molecule has 2 atom stereocenters. The summed E-state index contributed by atoms with van der Waals surface area (Å²) in [5, 5.41) is 3.01. The van der Waals surface area contributed by atoms with Crippen LogP contribution in [0, 0.1) is 12.8 Å². The van der Waals surface area contributed by atoms with Gasteiger partial charge in [0.2, 0.25) is 5.91 Å². The van der Waals surface area contributed by atoms with E-state index in [9.17, 15) is 4.79 Å². The maximum absolute atomic E-state index is 12.4.